The van der Waals surface area contributed by atoms with Gasteiger partial charge in [0.15, 0.2) is 0 Å². The van der Waals surface area contributed by atoms with Crippen molar-refractivity contribution in [2.24, 2.45) is 0 Å². The predicted octanol–water partition coefficient (Wildman–Crippen LogP) is 10.9. The van der Waals surface area contributed by atoms with Gasteiger partial charge in [-0.25, -0.2) is 0 Å². The summed E-state index contributed by atoms with van der Waals surface area (Å²) < 4.78 is 4.11. The average molecular weight is 700 g/mol. The second kappa shape index (κ2) is 24.0. The van der Waals surface area contributed by atoms with E-state index < -0.39 is 6.10 Å². The van der Waals surface area contributed by atoms with E-state index in [0.29, 0.717) is 36.5 Å². The zero-order chi connectivity index (χ0) is 29.9. The van der Waals surface area contributed by atoms with Crippen molar-refractivity contribution in [2.75, 3.05) is 7.11 Å². The Balaban J connectivity index is -0.000000779. The first-order valence-electron chi connectivity index (χ1n) is 14.6. The Morgan fingerprint density at radius 3 is 1.07 bits per heavy atom. The average Bonchev–Trinajstić information content (AvgIpc) is 2.83. The third kappa shape index (κ3) is 16.6. The molecule has 1 N–H and O–H groups in total. The van der Waals surface area contributed by atoms with Crippen LogP contribution in [0.1, 0.15) is 135 Å². The summed E-state index contributed by atoms with van der Waals surface area (Å²) in [5, 5.41) is 21.2. The molecule has 0 saturated carbocycles. The summed E-state index contributed by atoms with van der Waals surface area (Å²) in [7, 11) is 1.35. The molecule has 2 atom stereocenters. The first-order chi connectivity index (χ1) is 18.2. The molecule has 0 heterocycles. The van der Waals surface area contributed by atoms with Crippen LogP contribution in [0.2, 0.25) is 0 Å². The van der Waals surface area contributed by atoms with E-state index >= 15 is 0 Å². The molecule has 0 aromatic heterocycles. The Morgan fingerprint density at radius 2 is 0.884 bits per heavy atom. The van der Waals surface area contributed by atoms with Crippen LogP contribution < -0.4 is 0 Å². The van der Waals surface area contributed by atoms with Crippen LogP contribution in [0.5, 0.6) is 0 Å². The molecule has 0 spiro atoms. The third-order valence-electron chi connectivity index (χ3n) is 6.90. The van der Waals surface area contributed by atoms with Gasteiger partial charge in [0.25, 0.3) is 0 Å². The summed E-state index contributed by atoms with van der Waals surface area (Å²) in [5.74, 6) is 1.44. The maximum Gasteiger partial charge on any atom is 2.00 e. The van der Waals surface area contributed by atoms with Gasteiger partial charge in [0, 0.05) is 6.92 Å². The molecule has 0 aliphatic rings. The summed E-state index contributed by atoms with van der Waals surface area (Å²) in [5.41, 5.74) is 7.42. The van der Waals surface area contributed by atoms with Crippen molar-refractivity contribution >= 4 is 17.3 Å². The second-order valence-corrected chi connectivity index (χ2v) is 12.0. The minimum absolute atomic E-state index is 0. The summed E-state index contributed by atoms with van der Waals surface area (Å²) in [4.78, 5) is 9.59. The van der Waals surface area contributed by atoms with Gasteiger partial charge in [0.05, 0.1) is 13.2 Å². The minimum Gasteiger partial charge on any atom is -0.681 e. The molecule has 2 unspecified atom stereocenters. The van der Waals surface area contributed by atoms with Crippen LogP contribution in [0.3, 0.4) is 0 Å². The van der Waals surface area contributed by atoms with E-state index in [1.807, 2.05) is 0 Å². The molecule has 0 bridgehead atoms. The van der Waals surface area contributed by atoms with E-state index in [2.05, 4.69) is 110 Å². The normalized spacial score (nSPS) is 12.4. The molecular weight excluding hydrogens is 639 g/mol. The van der Waals surface area contributed by atoms with Gasteiger partial charge in [-0.3, -0.25) is 4.79 Å². The van der Waals surface area contributed by atoms with E-state index in [4.69, 9.17) is 10.6 Å². The summed E-state index contributed by atoms with van der Waals surface area (Å²) >= 11 is 0. The van der Waals surface area contributed by atoms with E-state index in [0.717, 1.165) is 11.4 Å². The number of benzene rings is 2. The van der Waals surface area contributed by atoms with Crippen molar-refractivity contribution in [1.82, 2.24) is 0 Å². The number of hydrogen-bond acceptors (Lipinski definition) is 3. The largest absolute Gasteiger partial charge is 2.00 e. The quantitative estimate of drug-likeness (QED) is 0.136. The van der Waals surface area contributed by atoms with E-state index in [9.17, 15) is 9.90 Å². The predicted molar refractivity (Wildman–Crippen MR) is 180 cm³/mol. The molecule has 2 rings (SSSR count). The topological polar surface area (TPSA) is 74.7 Å². The molecule has 2 aromatic carbocycles. The van der Waals surface area contributed by atoms with Crippen LogP contribution in [-0.4, -0.2) is 36.4 Å². The number of ether oxygens (including phenoxy) is 1. The number of para-hydroxylation sites is 2. The van der Waals surface area contributed by atoms with Crippen molar-refractivity contribution < 1.29 is 53.6 Å². The van der Waals surface area contributed by atoms with Crippen LogP contribution in [0.25, 0.3) is 10.6 Å². The van der Waals surface area contributed by atoms with Crippen LogP contribution in [0.15, 0.2) is 36.4 Å². The van der Waals surface area contributed by atoms with Gasteiger partial charge >= 0.3 is 44.9 Å². The number of carbonyl (C=O) groups is 1. The van der Waals surface area contributed by atoms with Gasteiger partial charge in [-0.2, -0.15) is 0 Å². The molecule has 7 heteroatoms. The molecule has 0 aliphatic heterocycles. The first-order valence-corrected chi connectivity index (χ1v) is 14.6. The molecule has 2 aromatic rings. The van der Waals surface area contributed by atoms with E-state index in [1.54, 1.807) is 0 Å². The Kier molecular flexibility index (Phi) is 27.2. The molecule has 0 aliphatic carbocycles. The number of methoxy groups -OCH3 is 1. The fraction of sp³-hybridized carbons (Fsp3) is 0.583. The van der Waals surface area contributed by atoms with Gasteiger partial charge in [-0.1, -0.05) is 128 Å². The molecule has 0 saturated heterocycles. The zero-order valence-corrected chi connectivity index (χ0v) is 35.9. The number of hydrogen-bond donors (Lipinski definition) is 1. The van der Waals surface area contributed by atoms with Gasteiger partial charge in [-0.15, -0.1) is 23.5 Å². The van der Waals surface area contributed by atoms with Crippen molar-refractivity contribution in [1.29, 1.82) is 0 Å². The maximum atomic E-state index is 10.9. The summed E-state index contributed by atoms with van der Waals surface area (Å²) in [6.45, 7) is 23.4. The fourth-order valence-corrected chi connectivity index (χ4v) is 4.75. The second-order valence-electron chi connectivity index (χ2n) is 12.0. The first kappa shape index (κ1) is 48.6. The smallest absolute Gasteiger partial charge is 0.681 e. The van der Waals surface area contributed by atoms with Crippen molar-refractivity contribution in [3.63, 3.8) is 0 Å². The zero-order valence-electron chi connectivity index (χ0n) is 30.0. The van der Waals surface area contributed by atoms with Crippen molar-refractivity contribution in [3.8, 4) is 0 Å². The molecular formula is C36H60N2O3Zn2. The maximum absolute atomic E-state index is 10.9. The van der Waals surface area contributed by atoms with Gasteiger partial charge in [0.2, 0.25) is 0 Å². The molecule has 5 nitrogen and oxygen atoms in total. The number of esters is 1. The van der Waals surface area contributed by atoms with Crippen molar-refractivity contribution in [3.05, 3.63) is 84.1 Å². The van der Waals surface area contributed by atoms with Gasteiger partial charge < -0.3 is 35.3 Å². The Morgan fingerprint density at radius 1 is 0.651 bits per heavy atom. The standard InChI is InChI=1S/C31H48N2O.C3H6O2.2CH3.2Zn/c1-19(2)26-13-11-14-27(20(3)4)30(26)32-23(9)17-25(34)18-24(10)33-31-28(21(5)6)15-12-16-29(31)22(7)8;1-3(4)5-2;;;;/h11-16,19-25,34H,17-18H2,1-10H3;1-2H3;2*1H3;;/q-2;;2*-1;2*+2. The molecule has 0 radical (unpaired) electrons. The molecule has 0 amide bonds. The van der Waals surface area contributed by atoms with Crippen LogP contribution in [-0.2, 0) is 48.5 Å². The number of rotatable bonds is 12. The molecule has 0 fully saturated rings. The summed E-state index contributed by atoms with van der Waals surface area (Å²) in [6.07, 6.45) is 0.860. The number of nitrogens with zero attached hydrogens (tertiary/aromatic N) is 2. The van der Waals surface area contributed by atoms with Crippen LogP contribution in [0, 0.1) is 14.9 Å². The third-order valence-corrected chi connectivity index (χ3v) is 6.90. The van der Waals surface area contributed by atoms with Gasteiger partial charge in [0.1, 0.15) is 0 Å². The SMILES string of the molecule is CC(CC(O)CC(C)[N-]c1c(C(C)C)cccc1C(C)C)[N-]c1c(C(C)C)cccc1C(C)C.COC(C)=O.[CH3-].[CH3-].[Zn+2].[Zn+2]. The van der Waals surface area contributed by atoms with Crippen LogP contribution >= 0.6 is 0 Å². The Bertz CT molecular complexity index is 900. The number of carbonyl (C=O) groups excluding carboxylic acids is 1. The Labute approximate surface area is 291 Å². The van der Waals surface area contributed by atoms with E-state index in [-0.39, 0.29) is 71.9 Å². The monoisotopic (exact) mass is 696 g/mol. The minimum atomic E-state index is -0.431. The van der Waals surface area contributed by atoms with Gasteiger partial charge in [-0.05, 0) is 36.5 Å². The summed E-state index contributed by atoms with van der Waals surface area (Å²) in [6, 6.07) is 13.2. The van der Waals surface area contributed by atoms with E-state index in [1.165, 1.54) is 36.3 Å². The Hall–Kier alpha value is -1.28. The van der Waals surface area contributed by atoms with Crippen molar-refractivity contribution in [2.45, 2.75) is 131 Å². The molecule has 43 heavy (non-hydrogen) atoms. The number of aliphatic hydroxyl groups excluding tert-OH is 1. The number of aliphatic hydroxyl groups is 1. The molecule has 236 valence electrons. The van der Waals surface area contributed by atoms with Crippen LogP contribution in [0.4, 0.5) is 11.4 Å². The fourth-order valence-electron chi connectivity index (χ4n) is 4.75.